The number of hydrogen-bond donors (Lipinski definition) is 2. The summed E-state index contributed by atoms with van der Waals surface area (Å²) in [5, 5.41) is 14.7. The second kappa shape index (κ2) is 7.90. The van der Waals surface area contributed by atoms with Crippen molar-refractivity contribution in [1.29, 1.82) is 0 Å². The third kappa shape index (κ3) is 3.90. The van der Waals surface area contributed by atoms with Crippen molar-refractivity contribution in [2.45, 2.75) is 52.1 Å². The first-order valence-corrected chi connectivity index (χ1v) is 8.67. The molecule has 2 N–H and O–H groups in total. The van der Waals surface area contributed by atoms with Crippen LogP contribution in [0.1, 0.15) is 54.6 Å². The molecule has 2 aromatic rings. The molecule has 1 aliphatic rings. The summed E-state index contributed by atoms with van der Waals surface area (Å²) < 4.78 is 2.21. The number of amides is 1. The first-order valence-electron chi connectivity index (χ1n) is 8.67. The van der Waals surface area contributed by atoms with E-state index in [9.17, 15) is 4.79 Å². The first kappa shape index (κ1) is 16.4. The predicted molar refractivity (Wildman–Crippen MR) is 91.8 cm³/mol. The summed E-state index contributed by atoms with van der Waals surface area (Å²) in [5.41, 5.74) is 0.574. The van der Waals surface area contributed by atoms with Gasteiger partial charge in [0.15, 0.2) is 5.82 Å². The number of carbonyl (C=O) groups excluding carboxylic acids is 1. The van der Waals surface area contributed by atoms with Gasteiger partial charge in [-0.15, -0.1) is 10.2 Å². The highest BCUT2D eigenvalue weighted by atomic mass is 16.1. The van der Waals surface area contributed by atoms with Gasteiger partial charge in [0.2, 0.25) is 0 Å². The number of rotatable bonds is 6. The Bertz CT molecular complexity index is 679. The van der Waals surface area contributed by atoms with Crippen LogP contribution in [0.4, 0.5) is 5.82 Å². The minimum atomic E-state index is -0.0846. The van der Waals surface area contributed by atoms with E-state index < -0.39 is 0 Å². The Labute approximate surface area is 141 Å². The second-order valence-corrected chi connectivity index (χ2v) is 6.04. The molecule has 3 heterocycles. The van der Waals surface area contributed by atoms with Gasteiger partial charge in [0.25, 0.3) is 5.91 Å². The van der Waals surface area contributed by atoms with Gasteiger partial charge >= 0.3 is 0 Å². The average Bonchev–Trinajstić information content (AvgIpc) is 2.84. The zero-order chi connectivity index (χ0) is 16.8. The fraction of sp³-hybridized carbons (Fsp3) is 0.529. The maximum Gasteiger partial charge on any atom is 0.252 e. The van der Waals surface area contributed by atoms with Crippen molar-refractivity contribution in [2.75, 3.05) is 11.9 Å². The van der Waals surface area contributed by atoms with Gasteiger partial charge in [-0.25, -0.2) is 4.98 Å². The Hall–Kier alpha value is -2.44. The third-order valence-corrected chi connectivity index (χ3v) is 4.17. The molecule has 128 valence electrons. The predicted octanol–water partition coefficient (Wildman–Crippen LogP) is 2.15. The molecule has 2 aromatic heterocycles. The number of pyridine rings is 1. The molecule has 0 unspecified atom stereocenters. The smallest absolute Gasteiger partial charge is 0.252 e. The molecule has 0 bridgehead atoms. The fourth-order valence-electron chi connectivity index (χ4n) is 2.82. The molecule has 1 aliphatic heterocycles. The molecular formula is C17H24N6O. The van der Waals surface area contributed by atoms with Crippen LogP contribution >= 0.6 is 0 Å². The summed E-state index contributed by atoms with van der Waals surface area (Å²) in [7, 11) is 0. The Morgan fingerprint density at radius 3 is 2.96 bits per heavy atom. The fourth-order valence-corrected chi connectivity index (χ4v) is 2.82. The van der Waals surface area contributed by atoms with E-state index in [0.29, 0.717) is 18.7 Å². The van der Waals surface area contributed by atoms with Gasteiger partial charge in [0.1, 0.15) is 11.6 Å². The number of aromatic nitrogens is 4. The lowest BCUT2D eigenvalue weighted by atomic mass is 10.2. The minimum absolute atomic E-state index is 0.0846. The molecular weight excluding hydrogens is 304 g/mol. The largest absolute Gasteiger partial charge is 0.363 e. The lowest BCUT2D eigenvalue weighted by Gasteiger charge is -2.09. The molecule has 0 aromatic carbocycles. The molecule has 3 rings (SSSR count). The Balaban J connectivity index is 1.59. The zero-order valence-corrected chi connectivity index (χ0v) is 14.1. The standard InChI is InChI=1S/C17H24N6O/c1-2-9-18-17(24)13-7-8-14(19-11-13)20-12-16-22-21-15-6-4-3-5-10-23(15)16/h7-8,11H,2-6,9-10,12H2,1H3,(H,18,24)(H,19,20). The highest BCUT2D eigenvalue weighted by molar-refractivity contribution is 5.93. The lowest BCUT2D eigenvalue weighted by molar-refractivity contribution is 0.0953. The number of carbonyl (C=O) groups is 1. The molecule has 0 saturated carbocycles. The van der Waals surface area contributed by atoms with E-state index >= 15 is 0 Å². The van der Waals surface area contributed by atoms with Crippen LogP contribution in [0.5, 0.6) is 0 Å². The number of hydrogen-bond acceptors (Lipinski definition) is 5. The maximum absolute atomic E-state index is 11.9. The van der Waals surface area contributed by atoms with Gasteiger partial charge in [-0.05, 0) is 31.4 Å². The third-order valence-electron chi connectivity index (χ3n) is 4.17. The zero-order valence-electron chi connectivity index (χ0n) is 14.1. The number of aryl methyl sites for hydroxylation is 1. The molecule has 0 atom stereocenters. The van der Waals surface area contributed by atoms with Crippen molar-refractivity contribution in [3.8, 4) is 0 Å². The first-order chi connectivity index (χ1) is 11.8. The Morgan fingerprint density at radius 2 is 2.17 bits per heavy atom. The van der Waals surface area contributed by atoms with E-state index in [2.05, 4.69) is 30.4 Å². The van der Waals surface area contributed by atoms with Crippen molar-refractivity contribution < 1.29 is 4.79 Å². The van der Waals surface area contributed by atoms with Gasteiger partial charge in [0, 0.05) is 25.7 Å². The van der Waals surface area contributed by atoms with Gasteiger partial charge in [-0.3, -0.25) is 4.79 Å². The van der Waals surface area contributed by atoms with Crippen LogP contribution in [-0.2, 0) is 19.5 Å². The topological polar surface area (TPSA) is 84.7 Å². The summed E-state index contributed by atoms with van der Waals surface area (Å²) in [5.74, 6) is 2.67. The molecule has 0 spiro atoms. The monoisotopic (exact) mass is 328 g/mol. The van der Waals surface area contributed by atoms with Crippen molar-refractivity contribution in [3.05, 3.63) is 35.5 Å². The van der Waals surface area contributed by atoms with Crippen molar-refractivity contribution >= 4 is 11.7 Å². The second-order valence-electron chi connectivity index (χ2n) is 6.04. The van der Waals surface area contributed by atoms with Crippen molar-refractivity contribution in [3.63, 3.8) is 0 Å². The highest BCUT2D eigenvalue weighted by Gasteiger charge is 2.14. The van der Waals surface area contributed by atoms with Crippen LogP contribution in [0.2, 0.25) is 0 Å². The van der Waals surface area contributed by atoms with E-state index in [4.69, 9.17) is 0 Å². The van der Waals surface area contributed by atoms with Gasteiger partial charge in [-0.2, -0.15) is 0 Å². The average molecular weight is 328 g/mol. The molecule has 0 fully saturated rings. The van der Waals surface area contributed by atoms with Crippen LogP contribution in [0.3, 0.4) is 0 Å². The van der Waals surface area contributed by atoms with Crippen LogP contribution in [0.15, 0.2) is 18.3 Å². The van der Waals surface area contributed by atoms with Gasteiger partial charge in [0.05, 0.1) is 12.1 Å². The van der Waals surface area contributed by atoms with Crippen molar-refractivity contribution in [1.82, 2.24) is 25.1 Å². The van der Waals surface area contributed by atoms with Crippen LogP contribution < -0.4 is 10.6 Å². The van der Waals surface area contributed by atoms with Crippen LogP contribution in [-0.4, -0.2) is 32.2 Å². The van der Waals surface area contributed by atoms with E-state index in [0.717, 1.165) is 36.9 Å². The summed E-state index contributed by atoms with van der Waals surface area (Å²) in [6.45, 7) is 4.28. The highest BCUT2D eigenvalue weighted by Crippen LogP contribution is 2.15. The van der Waals surface area contributed by atoms with Crippen molar-refractivity contribution in [2.24, 2.45) is 0 Å². The number of anilines is 1. The Kier molecular flexibility index (Phi) is 5.40. The molecule has 1 amide bonds. The summed E-state index contributed by atoms with van der Waals surface area (Å²) >= 11 is 0. The minimum Gasteiger partial charge on any atom is -0.363 e. The molecule has 7 nitrogen and oxygen atoms in total. The summed E-state index contributed by atoms with van der Waals surface area (Å²) in [4.78, 5) is 16.2. The molecule has 0 aliphatic carbocycles. The normalized spacial score (nSPS) is 13.9. The lowest BCUT2D eigenvalue weighted by Crippen LogP contribution is -2.24. The Morgan fingerprint density at radius 1 is 1.25 bits per heavy atom. The molecule has 24 heavy (non-hydrogen) atoms. The maximum atomic E-state index is 11.9. The number of nitrogens with zero attached hydrogens (tertiary/aromatic N) is 4. The molecule has 0 saturated heterocycles. The summed E-state index contributed by atoms with van der Waals surface area (Å²) in [6, 6.07) is 3.60. The van der Waals surface area contributed by atoms with E-state index in [1.807, 2.05) is 13.0 Å². The quantitative estimate of drug-likeness (QED) is 0.849. The van der Waals surface area contributed by atoms with Crippen LogP contribution in [0, 0.1) is 0 Å². The number of nitrogens with one attached hydrogen (secondary N) is 2. The molecule has 0 radical (unpaired) electrons. The molecule has 7 heteroatoms. The van der Waals surface area contributed by atoms with E-state index in [1.165, 1.54) is 19.3 Å². The SMILES string of the molecule is CCCNC(=O)c1ccc(NCc2nnc3n2CCCCC3)nc1. The van der Waals surface area contributed by atoms with E-state index in [1.54, 1.807) is 12.3 Å². The van der Waals surface area contributed by atoms with Gasteiger partial charge in [-0.1, -0.05) is 13.3 Å². The van der Waals surface area contributed by atoms with Gasteiger partial charge < -0.3 is 15.2 Å². The number of fused-ring (bicyclic) bond motifs is 1. The van der Waals surface area contributed by atoms with E-state index in [-0.39, 0.29) is 5.91 Å². The summed E-state index contributed by atoms with van der Waals surface area (Å²) in [6.07, 6.45) is 7.14. The van der Waals surface area contributed by atoms with Crippen LogP contribution in [0.25, 0.3) is 0 Å².